The number of nitrogen functional groups attached to an aromatic ring is 1. The molecule has 2 N–H and O–H groups in total. The zero-order valence-corrected chi connectivity index (χ0v) is 8.48. The Morgan fingerprint density at radius 2 is 2.47 bits per heavy atom. The van der Waals surface area contributed by atoms with E-state index >= 15 is 0 Å². The molecule has 0 unspecified atom stereocenters. The summed E-state index contributed by atoms with van der Waals surface area (Å²) in [6, 6.07) is 3.21. The molecular formula is C8H8N4O2S. The molecule has 0 spiro atoms. The lowest BCUT2D eigenvalue weighted by molar-refractivity contribution is -0.380. The first-order valence-electron chi connectivity index (χ1n) is 4.16. The van der Waals surface area contributed by atoms with Crippen LogP contribution in [0.2, 0.25) is 0 Å². The highest BCUT2D eigenvalue weighted by molar-refractivity contribution is 7.13. The van der Waals surface area contributed by atoms with Crippen molar-refractivity contribution in [2.24, 2.45) is 0 Å². The molecule has 78 valence electrons. The van der Waals surface area contributed by atoms with Crippen LogP contribution in [-0.2, 0) is 6.54 Å². The molecule has 0 saturated heterocycles. The van der Waals surface area contributed by atoms with Crippen molar-refractivity contribution in [1.29, 1.82) is 0 Å². The van der Waals surface area contributed by atoms with Crippen LogP contribution in [0.4, 0.5) is 10.8 Å². The number of nitrogens with two attached hydrogens (primary N) is 1. The van der Waals surface area contributed by atoms with Gasteiger partial charge >= 0.3 is 5.00 Å². The number of nitrogens with zero attached hydrogens (tertiary/aromatic N) is 3. The van der Waals surface area contributed by atoms with Crippen LogP contribution in [0.1, 0.15) is 5.56 Å². The van der Waals surface area contributed by atoms with Gasteiger partial charge in [0.25, 0.3) is 0 Å². The zero-order valence-electron chi connectivity index (χ0n) is 7.66. The Kier molecular flexibility index (Phi) is 2.38. The van der Waals surface area contributed by atoms with Crippen LogP contribution in [0, 0.1) is 10.1 Å². The molecule has 2 rings (SSSR count). The smallest absolute Gasteiger partial charge is 0.324 e. The first-order chi connectivity index (χ1) is 7.16. The predicted molar refractivity (Wildman–Crippen MR) is 56.7 cm³/mol. The van der Waals surface area contributed by atoms with Crippen LogP contribution >= 0.6 is 11.3 Å². The molecule has 0 amide bonds. The largest absolute Gasteiger partial charge is 0.384 e. The normalized spacial score (nSPS) is 10.4. The van der Waals surface area contributed by atoms with Crippen LogP contribution in [0.15, 0.2) is 23.7 Å². The molecular weight excluding hydrogens is 216 g/mol. The summed E-state index contributed by atoms with van der Waals surface area (Å²) in [5.41, 5.74) is 6.46. The highest BCUT2D eigenvalue weighted by atomic mass is 32.1. The van der Waals surface area contributed by atoms with Crippen molar-refractivity contribution in [3.05, 3.63) is 39.4 Å². The quantitative estimate of drug-likeness (QED) is 0.632. The highest BCUT2D eigenvalue weighted by Crippen LogP contribution is 2.23. The Morgan fingerprint density at radius 1 is 1.67 bits per heavy atom. The van der Waals surface area contributed by atoms with Crippen molar-refractivity contribution in [2.75, 3.05) is 5.73 Å². The third-order valence-corrected chi connectivity index (χ3v) is 2.83. The topological polar surface area (TPSA) is 87.0 Å². The van der Waals surface area contributed by atoms with Gasteiger partial charge in [0.1, 0.15) is 5.82 Å². The Labute approximate surface area is 89.1 Å². The molecule has 0 aromatic carbocycles. The van der Waals surface area contributed by atoms with Crippen LogP contribution in [0.5, 0.6) is 0 Å². The fraction of sp³-hybridized carbons (Fsp3) is 0.125. The lowest BCUT2D eigenvalue weighted by Crippen LogP contribution is -2.04. The molecule has 0 aliphatic rings. The third-order valence-electron chi connectivity index (χ3n) is 1.90. The average Bonchev–Trinajstić information content (AvgIpc) is 2.77. The van der Waals surface area contributed by atoms with Gasteiger partial charge in [-0.1, -0.05) is 11.3 Å². The summed E-state index contributed by atoms with van der Waals surface area (Å²) in [5, 5.41) is 16.3. The number of hydrogen-bond acceptors (Lipinski definition) is 5. The average molecular weight is 224 g/mol. The number of aromatic nitrogens is 2. The third kappa shape index (κ3) is 1.96. The van der Waals surface area contributed by atoms with Crippen molar-refractivity contribution in [3.63, 3.8) is 0 Å². The molecule has 2 aromatic heterocycles. The fourth-order valence-corrected chi connectivity index (χ4v) is 1.91. The minimum Gasteiger partial charge on any atom is -0.384 e. The molecule has 15 heavy (non-hydrogen) atoms. The molecule has 0 aliphatic heterocycles. The molecule has 0 radical (unpaired) electrons. The van der Waals surface area contributed by atoms with Gasteiger partial charge in [-0.25, -0.2) is 4.68 Å². The molecule has 2 heterocycles. The maximum absolute atomic E-state index is 10.5. The van der Waals surface area contributed by atoms with E-state index in [1.807, 2.05) is 0 Å². The molecule has 0 atom stereocenters. The summed E-state index contributed by atoms with van der Waals surface area (Å²) in [5.74, 6) is 0.545. The number of thiophene rings is 1. The van der Waals surface area contributed by atoms with Gasteiger partial charge in [0, 0.05) is 11.4 Å². The van der Waals surface area contributed by atoms with Crippen molar-refractivity contribution in [1.82, 2.24) is 9.78 Å². The van der Waals surface area contributed by atoms with Crippen molar-refractivity contribution >= 4 is 22.2 Å². The predicted octanol–water partition coefficient (Wildman–Crippen LogP) is 1.48. The van der Waals surface area contributed by atoms with Crippen LogP contribution in [0.3, 0.4) is 0 Å². The van der Waals surface area contributed by atoms with Gasteiger partial charge in [-0.3, -0.25) is 10.1 Å². The van der Waals surface area contributed by atoms with E-state index in [1.54, 1.807) is 22.3 Å². The van der Waals surface area contributed by atoms with E-state index in [1.165, 1.54) is 6.07 Å². The van der Waals surface area contributed by atoms with Crippen LogP contribution in [0.25, 0.3) is 0 Å². The zero-order chi connectivity index (χ0) is 10.8. The summed E-state index contributed by atoms with van der Waals surface area (Å²) >= 11 is 1.10. The summed E-state index contributed by atoms with van der Waals surface area (Å²) < 4.78 is 1.59. The van der Waals surface area contributed by atoms with E-state index < -0.39 is 4.92 Å². The molecule has 0 saturated carbocycles. The first-order valence-corrected chi connectivity index (χ1v) is 5.04. The van der Waals surface area contributed by atoms with E-state index in [4.69, 9.17) is 5.73 Å². The van der Waals surface area contributed by atoms with Gasteiger partial charge in [-0.05, 0) is 11.6 Å². The summed E-state index contributed by atoms with van der Waals surface area (Å²) in [4.78, 5) is 10.1. The van der Waals surface area contributed by atoms with Gasteiger partial charge in [0.05, 0.1) is 17.7 Å². The highest BCUT2D eigenvalue weighted by Gasteiger charge is 2.10. The number of rotatable bonds is 3. The summed E-state index contributed by atoms with van der Waals surface area (Å²) in [7, 11) is 0. The number of hydrogen-bond donors (Lipinski definition) is 1. The van der Waals surface area contributed by atoms with E-state index in [9.17, 15) is 10.1 Å². The number of anilines is 1. The van der Waals surface area contributed by atoms with Gasteiger partial charge in [-0.2, -0.15) is 5.10 Å². The molecule has 6 nitrogen and oxygen atoms in total. The van der Waals surface area contributed by atoms with Gasteiger partial charge < -0.3 is 5.73 Å². The van der Waals surface area contributed by atoms with E-state index in [0.29, 0.717) is 12.4 Å². The lowest BCUT2D eigenvalue weighted by Gasteiger charge is -2.00. The van der Waals surface area contributed by atoms with Gasteiger partial charge in [-0.15, -0.1) is 0 Å². The molecule has 0 fully saturated rings. The fourth-order valence-electron chi connectivity index (χ4n) is 1.19. The van der Waals surface area contributed by atoms with Crippen molar-refractivity contribution in [3.8, 4) is 0 Å². The second kappa shape index (κ2) is 3.70. The van der Waals surface area contributed by atoms with Gasteiger partial charge in [0.15, 0.2) is 0 Å². The SMILES string of the molecule is Nc1ccnn1Cc1csc([N+](=O)[O-])c1. The van der Waals surface area contributed by atoms with E-state index in [0.717, 1.165) is 16.9 Å². The number of nitro groups is 1. The Hall–Kier alpha value is -1.89. The minimum atomic E-state index is -0.402. The van der Waals surface area contributed by atoms with Crippen molar-refractivity contribution < 1.29 is 4.92 Å². The molecule has 0 bridgehead atoms. The maximum atomic E-state index is 10.5. The standard InChI is InChI=1S/C8H8N4O2S/c9-7-1-2-10-11(7)4-6-3-8(12(13)14)15-5-6/h1-3,5H,4,9H2. The summed E-state index contributed by atoms with van der Waals surface area (Å²) in [6.45, 7) is 0.461. The molecule has 7 heteroatoms. The maximum Gasteiger partial charge on any atom is 0.324 e. The Morgan fingerprint density at radius 3 is 3.00 bits per heavy atom. The van der Waals surface area contributed by atoms with E-state index in [2.05, 4.69) is 5.10 Å². The Bertz CT molecular complexity index is 490. The first kappa shape index (κ1) is 9.66. The minimum absolute atomic E-state index is 0.135. The second-order valence-corrected chi connectivity index (χ2v) is 3.85. The second-order valence-electron chi connectivity index (χ2n) is 2.96. The summed E-state index contributed by atoms with van der Waals surface area (Å²) in [6.07, 6.45) is 1.59. The Balaban J connectivity index is 2.18. The van der Waals surface area contributed by atoms with Gasteiger partial charge in [0.2, 0.25) is 0 Å². The molecule has 2 aromatic rings. The monoisotopic (exact) mass is 224 g/mol. The van der Waals surface area contributed by atoms with Crippen LogP contribution in [-0.4, -0.2) is 14.7 Å². The molecule has 0 aliphatic carbocycles. The van der Waals surface area contributed by atoms with Crippen LogP contribution < -0.4 is 5.73 Å². The van der Waals surface area contributed by atoms with E-state index in [-0.39, 0.29) is 5.00 Å². The van der Waals surface area contributed by atoms with Crippen molar-refractivity contribution in [2.45, 2.75) is 6.54 Å². The lowest BCUT2D eigenvalue weighted by atomic mass is 10.3.